The van der Waals surface area contributed by atoms with Crippen LogP contribution in [0.15, 0.2) is 18.3 Å². The highest BCUT2D eigenvalue weighted by molar-refractivity contribution is 6.01. The number of carbonyl (C=O) groups is 1. The molecule has 2 heterocycles. The third kappa shape index (κ3) is 2.11. The van der Waals surface area contributed by atoms with Gasteiger partial charge in [-0.15, -0.1) is 5.10 Å². The Labute approximate surface area is 90.5 Å². The van der Waals surface area contributed by atoms with E-state index in [1.165, 1.54) is 17.1 Å². The first-order valence-electron chi connectivity index (χ1n) is 4.42. The second kappa shape index (κ2) is 3.93. The molecule has 0 saturated heterocycles. The number of aromatic nitrogens is 5. The Bertz CT molecular complexity index is 503. The van der Waals surface area contributed by atoms with Crippen molar-refractivity contribution in [2.24, 2.45) is 7.05 Å². The van der Waals surface area contributed by atoms with Crippen LogP contribution in [-0.2, 0) is 7.05 Å². The van der Waals surface area contributed by atoms with Crippen molar-refractivity contribution in [3.63, 3.8) is 0 Å². The molecule has 0 aromatic carbocycles. The number of pyridine rings is 1. The fraction of sp³-hybridized carbons (Fsp3) is 0.125. The summed E-state index contributed by atoms with van der Waals surface area (Å²) in [6.07, 6.45) is 1.40. The van der Waals surface area contributed by atoms with Gasteiger partial charge in [-0.2, -0.15) is 4.80 Å². The minimum Gasteiger partial charge on any atom is -0.397 e. The fourth-order valence-electron chi connectivity index (χ4n) is 1.04. The molecule has 3 N–H and O–H groups in total. The number of nitrogens with one attached hydrogen (secondary N) is 1. The molecular formula is C8H9N7O. The Morgan fingerprint density at radius 3 is 2.88 bits per heavy atom. The summed E-state index contributed by atoms with van der Waals surface area (Å²) in [5, 5.41) is 13.4. The van der Waals surface area contributed by atoms with Gasteiger partial charge in [-0.3, -0.25) is 10.1 Å². The molecule has 0 aliphatic carbocycles. The lowest BCUT2D eigenvalue weighted by Gasteiger charge is -1.99. The van der Waals surface area contributed by atoms with Crippen LogP contribution >= 0.6 is 0 Å². The Morgan fingerprint density at radius 1 is 1.50 bits per heavy atom. The van der Waals surface area contributed by atoms with E-state index in [2.05, 4.69) is 25.7 Å². The zero-order valence-electron chi connectivity index (χ0n) is 8.45. The van der Waals surface area contributed by atoms with E-state index < -0.39 is 5.91 Å². The number of hydrogen-bond donors (Lipinski definition) is 2. The largest absolute Gasteiger partial charge is 0.397 e. The van der Waals surface area contributed by atoms with Crippen molar-refractivity contribution in [1.82, 2.24) is 25.2 Å². The average molecular weight is 219 g/mol. The molecule has 0 atom stereocenters. The summed E-state index contributed by atoms with van der Waals surface area (Å²) in [6, 6.07) is 3.10. The minimum atomic E-state index is -0.409. The van der Waals surface area contributed by atoms with Gasteiger partial charge in [0.25, 0.3) is 11.9 Å². The number of carbonyl (C=O) groups excluding carboxylic acids is 1. The normalized spacial score (nSPS) is 10.1. The number of nitrogens with two attached hydrogens (primary N) is 1. The Morgan fingerprint density at radius 2 is 2.31 bits per heavy atom. The summed E-state index contributed by atoms with van der Waals surface area (Å²) in [5.41, 5.74) is 6.18. The number of anilines is 2. The van der Waals surface area contributed by atoms with E-state index in [0.29, 0.717) is 5.69 Å². The number of nitrogens with zero attached hydrogens (tertiary/aromatic N) is 5. The van der Waals surface area contributed by atoms with Crippen molar-refractivity contribution in [2.75, 3.05) is 11.1 Å². The summed E-state index contributed by atoms with van der Waals surface area (Å²) < 4.78 is 0. The van der Waals surface area contributed by atoms with E-state index in [4.69, 9.17) is 5.73 Å². The van der Waals surface area contributed by atoms with Crippen LogP contribution < -0.4 is 11.1 Å². The lowest BCUT2D eigenvalue weighted by Crippen LogP contribution is -2.14. The van der Waals surface area contributed by atoms with E-state index in [1.807, 2.05) is 0 Å². The molecule has 0 aliphatic rings. The van der Waals surface area contributed by atoms with Crippen molar-refractivity contribution < 1.29 is 4.79 Å². The number of aryl methyl sites for hydroxylation is 1. The lowest BCUT2D eigenvalue weighted by atomic mass is 10.3. The molecule has 0 aliphatic heterocycles. The van der Waals surface area contributed by atoms with Crippen LogP contribution in [0.25, 0.3) is 0 Å². The first-order chi connectivity index (χ1) is 7.65. The van der Waals surface area contributed by atoms with Gasteiger partial charge in [-0.1, -0.05) is 5.10 Å². The summed E-state index contributed by atoms with van der Waals surface area (Å²) in [6.45, 7) is 0. The van der Waals surface area contributed by atoms with Crippen LogP contribution in [-0.4, -0.2) is 31.1 Å². The highest BCUT2D eigenvalue weighted by Crippen LogP contribution is 2.03. The van der Waals surface area contributed by atoms with Gasteiger partial charge in [0, 0.05) is 0 Å². The number of rotatable bonds is 2. The summed E-state index contributed by atoms with van der Waals surface area (Å²) in [4.78, 5) is 16.7. The van der Waals surface area contributed by atoms with E-state index in [1.54, 1.807) is 13.1 Å². The third-order valence-electron chi connectivity index (χ3n) is 1.75. The van der Waals surface area contributed by atoms with Crippen LogP contribution in [0, 0.1) is 0 Å². The zero-order chi connectivity index (χ0) is 11.5. The van der Waals surface area contributed by atoms with Crippen LogP contribution in [0.3, 0.4) is 0 Å². The van der Waals surface area contributed by atoms with Crippen molar-refractivity contribution in [3.8, 4) is 0 Å². The topological polar surface area (TPSA) is 112 Å². The maximum Gasteiger partial charge on any atom is 0.276 e. The second-order valence-electron chi connectivity index (χ2n) is 3.03. The van der Waals surface area contributed by atoms with Crippen LogP contribution in [0.1, 0.15) is 10.5 Å². The van der Waals surface area contributed by atoms with E-state index >= 15 is 0 Å². The van der Waals surface area contributed by atoms with Crippen molar-refractivity contribution in [2.45, 2.75) is 0 Å². The quantitative estimate of drug-likeness (QED) is 0.700. The predicted molar refractivity (Wildman–Crippen MR) is 55.4 cm³/mol. The molecule has 1 amide bonds. The number of hydrogen-bond acceptors (Lipinski definition) is 6. The van der Waals surface area contributed by atoms with Gasteiger partial charge in [0.15, 0.2) is 0 Å². The van der Waals surface area contributed by atoms with Gasteiger partial charge in [-0.05, 0) is 17.3 Å². The molecule has 2 aromatic rings. The summed E-state index contributed by atoms with van der Waals surface area (Å²) in [7, 11) is 1.60. The summed E-state index contributed by atoms with van der Waals surface area (Å²) >= 11 is 0. The molecule has 0 radical (unpaired) electrons. The molecule has 2 aromatic heterocycles. The number of nitrogen functional groups attached to an aromatic ring is 1. The molecule has 0 spiro atoms. The van der Waals surface area contributed by atoms with Gasteiger partial charge in [0.1, 0.15) is 5.69 Å². The second-order valence-corrected chi connectivity index (χ2v) is 3.03. The standard InChI is InChI=1S/C8H9N7O/c1-15-13-8(12-14-15)11-7(16)6-3-2-5(9)4-10-6/h2-4H,9H2,1H3,(H,11,13,16). The molecule has 0 fully saturated rings. The van der Waals surface area contributed by atoms with Gasteiger partial charge < -0.3 is 5.73 Å². The Hall–Kier alpha value is -2.51. The minimum absolute atomic E-state index is 0.131. The number of amides is 1. The van der Waals surface area contributed by atoms with Gasteiger partial charge >= 0.3 is 0 Å². The van der Waals surface area contributed by atoms with Gasteiger partial charge in [-0.25, -0.2) is 4.98 Å². The first-order valence-corrected chi connectivity index (χ1v) is 4.42. The SMILES string of the molecule is Cn1nnc(NC(=O)c2ccc(N)cn2)n1. The first kappa shape index (κ1) is 10.0. The monoisotopic (exact) mass is 219 g/mol. The molecule has 0 saturated carbocycles. The third-order valence-corrected chi connectivity index (χ3v) is 1.75. The molecule has 2 rings (SSSR count). The Balaban J connectivity index is 2.11. The van der Waals surface area contributed by atoms with Crippen LogP contribution in [0.2, 0.25) is 0 Å². The number of tetrazole rings is 1. The van der Waals surface area contributed by atoms with E-state index in [0.717, 1.165) is 0 Å². The predicted octanol–water partition coefficient (Wildman–Crippen LogP) is -0.560. The highest BCUT2D eigenvalue weighted by Gasteiger charge is 2.09. The maximum atomic E-state index is 11.6. The van der Waals surface area contributed by atoms with Gasteiger partial charge in [0.2, 0.25) is 0 Å². The summed E-state index contributed by atoms with van der Waals surface area (Å²) in [5.74, 6) is -0.279. The van der Waals surface area contributed by atoms with Crippen molar-refractivity contribution in [1.29, 1.82) is 0 Å². The van der Waals surface area contributed by atoms with E-state index in [9.17, 15) is 4.79 Å². The molecule has 8 nitrogen and oxygen atoms in total. The lowest BCUT2D eigenvalue weighted by molar-refractivity contribution is 0.102. The van der Waals surface area contributed by atoms with E-state index in [-0.39, 0.29) is 11.6 Å². The molecule has 8 heteroatoms. The smallest absolute Gasteiger partial charge is 0.276 e. The van der Waals surface area contributed by atoms with Crippen molar-refractivity contribution in [3.05, 3.63) is 24.0 Å². The molecular weight excluding hydrogens is 210 g/mol. The zero-order valence-corrected chi connectivity index (χ0v) is 8.45. The molecule has 0 bridgehead atoms. The molecule has 0 unspecified atom stereocenters. The molecule has 82 valence electrons. The van der Waals surface area contributed by atoms with Gasteiger partial charge in [0.05, 0.1) is 18.9 Å². The van der Waals surface area contributed by atoms with Crippen LogP contribution in [0.5, 0.6) is 0 Å². The molecule has 16 heavy (non-hydrogen) atoms. The fourth-order valence-corrected chi connectivity index (χ4v) is 1.04. The highest BCUT2D eigenvalue weighted by atomic mass is 16.2. The average Bonchev–Trinajstić information content (AvgIpc) is 2.65. The van der Waals surface area contributed by atoms with Crippen molar-refractivity contribution >= 4 is 17.5 Å². The Kier molecular flexibility index (Phi) is 2.46. The maximum absolute atomic E-state index is 11.6. The van der Waals surface area contributed by atoms with Crippen LogP contribution in [0.4, 0.5) is 11.6 Å².